The highest BCUT2D eigenvalue weighted by Crippen LogP contribution is 2.30. The molecule has 0 saturated heterocycles. The molecule has 0 bridgehead atoms. The summed E-state index contributed by atoms with van der Waals surface area (Å²) in [5, 5.41) is 8.36. The fraction of sp³-hybridized carbons (Fsp3) is 0.667. The molecule has 1 rings (SSSR count). The average molecular weight is 226 g/mol. The van der Waals surface area contributed by atoms with Crippen LogP contribution in [0.1, 0.15) is 33.1 Å². The minimum Gasteiger partial charge on any atom is -0.478 e. The van der Waals surface area contributed by atoms with E-state index in [9.17, 15) is 9.59 Å². The first-order chi connectivity index (χ1) is 7.47. The van der Waals surface area contributed by atoms with E-state index < -0.39 is 11.9 Å². The van der Waals surface area contributed by atoms with Crippen LogP contribution in [-0.2, 0) is 14.3 Å². The molecule has 0 spiro atoms. The fourth-order valence-corrected chi connectivity index (χ4v) is 2.31. The van der Waals surface area contributed by atoms with E-state index >= 15 is 0 Å². The second kappa shape index (κ2) is 5.68. The molecule has 4 heteroatoms. The largest absolute Gasteiger partial charge is 0.478 e. The molecule has 2 atom stereocenters. The highest BCUT2D eigenvalue weighted by molar-refractivity contribution is 5.90. The Labute approximate surface area is 95.3 Å². The number of rotatable bonds is 3. The van der Waals surface area contributed by atoms with Gasteiger partial charge in [-0.3, -0.25) is 0 Å². The summed E-state index contributed by atoms with van der Waals surface area (Å²) in [6.45, 7) is 4.28. The maximum atomic E-state index is 11.3. The van der Waals surface area contributed by atoms with E-state index in [4.69, 9.17) is 9.84 Å². The van der Waals surface area contributed by atoms with Crippen molar-refractivity contribution in [1.82, 2.24) is 0 Å². The van der Waals surface area contributed by atoms with Gasteiger partial charge in [-0.2, -0.15) is 0 Å². The average Bonchev–Trinajstić information content (AvgIpc) is 2.12. The molecule has 4 nitrogen and oxygen atoms in total. The van der Waals surface area contributed by atoms with Crippen molar-refractivity contribution in [2.45, 2.75) is 39.2 Å². The predicted molar refractivity (Wildman–Crippen MR) is 58.8 cm³/mol. The summed E-state index contributed by atoms with van der Waals surface area (Å²) < 4.78 is 5.19. The molecule has 0 amide bonds. The van der Waals surface area contributed by atoms with E-state index in [-0.39, 0.29) is 6.10 Å². The Hall–Kier alpha value is -1.32. The van der Waals surface area contributed by atoms with Gasteiger partial charge in [-0.1, -0.05) is 13.8 Å². The second-order valence-electron chi connectivity index (χ2n) is 4.65. The van der Waals surface area contributed by atoms with Gasteiger partial charge in [-0.05, 0) is 31.1 Å². The highest BCUT2D eigenvalue weighted by atomic mass is 16.5. The van der Waals surface area contributed by atoms with Crippen molar-refractivity contribution in [3.05, 3.63) is 12.2 Å². The van der Waals surface area contributed by atoms with Crippen molar-refractivity contribution in [3.63, 3.8) is 0 Å². The van der Waals surface area contributed by atoms with Crippen molar-refractivity contribution >= 4 is 11.9 Å². The Bertz CT molecular complexity index is 285. The summed E-state index contributed by atoms with van der Waals surface area (Å²) in [5.41, 5.74) is 0. The van der Waals surface area contributed by atoms with Crippen molar-refractivity contribution in [3.8, 4) is 0 Å². The first kappa shape index (κ1) is 12.7. The van der Waals surface area contributed by atoms with Gasteiger partial charge < -0.3 is 9.84 Å². The molecule has 0 aromatic heterocycles. The molecule has 0 aromatic carbocycles. The van der Waals surface area contributed by atoms with E-state index in [0.717, 1.165) is 25.0 Å². The molecule has 2 unspecified atom stereocenters. The van der Waals surface area contributed by atoms with Crippen molar-refractivity contribution < 1.29 is 19.4 Å². The molecule has 1 aliphatic carbocycles. The van der Waals surface area contributed by atoms with Gasteiger partial charge in [-0.25, -0.2) is 9.59 Å². The van der Waals surface area contributed by atoms with Crippen LogP contribution >= 0.6 is 0 Å². The summed E-state index contributed by atoms with van der Waals surface area (Å²) >= 11 is 0. The van der Waals surface area contributed by atoms with Crippen LogP contribution in [0.2, 0.25) is 0 Å². The van der Waals surface area contributed by atoms with Crippen LogP contribution < -0.4 is 0 Å². The van der Waals surface area contributed by atoms with E-state index in [0.29, 0.717) is 11.8 Å². The number of esters is 1. The molecule has 1 aliphatic rings. The van der Waals surface area contributed by atoms with Gasteiger partial charge in [0.25, 0.3) is 0 Å². The lowest BCUT2D eigenvalue weighted by molar-refractivity contribution is -0.146. The number of hydrogen-bond acceptors (Lipinski definition) is 3. The molecule has 90 valence electrons. The number of carbonyl (C=O) groups is 2. The number of carboxylic acid groups (broad SMARTS) is 1. The molecule has 1 fully saturated rings. The summed E-state index contributed by atoms with van der Waals surface area (Å²) in [5.74, 6) is -0.578. The first-order valence-electron chi connectivity index (χ1n) is 5.59. The predicted octanol–water partition coefficient (Wildman–Crippen LogP) is 2.00. The molecule has 0 aliphatic heterocycles. The SMILES string of the molecule is CC1CC(C)CC(OC(=O)C=CC(=O)O)C1. The third-order valence-electron chi connectivity index (χ3n) is 2.78. The van der Waals surface area contributed by atoms with E-state index in [1.54, 1.807) is 0 Å². The zero-order chi connectivity index (χ0) is 12.1. The van der Waals surface area contributed by atoms with Gasteiger partial charge in [0.1, 0.15) is 6.10 Å². The molecule has 16 heavy (non-hydrogen) atoms. The summed E-state index contributed by atoms with van der Waals surface area (Å²) in [7, 11) is 0. The summed E-state index contributed by atoms with van der Waals surface area (Å²) in [6.07, 6.45) is 4.61. The minimum absolute atomic E-state index is 0.0651. The normalized spacial score (nSPS) is 30.2. The number of ether oxygens (including phenoxy) is 1. The molecule has 0 aromatic rings. The fourth-order valence-electron chi connectivity index (χ4n) is 2.31. The van der Waals surface area contributed by atoms with Crippen LogP contribution in [0.3, 0.4) is 0 Å². The molecular formula is C12H18O4. The van der Waals surface area contributed by atoms with Crippen LogP contribution in [0.15, 0.2) is 12.2 Å². The van der Waals surface area contributed by atoms with Gasteiger partial charge in [-0.15, -0.1) is 0 Å². The lowest BCUT2D eigenvalue weighted by Crippen LogP contribution is -2.27. The van der Waals surface area contributed by atoms with Crippen molar-refractivity contribution in [2.24, 2.45) is 11.8 Å². The molecule has 1 saturated carbocycles. The Balaban J connectivity index is 2.41. The van der Waals surface area contributed by atoms with Gasteiger partial charge >= 0.3 is 11.9 Å². The second-order valence-corrected chi connectivity index (χ2v) is 4.65. The summed E-state index contributed by atoms with van der Waals surface area (Å²) in [4.78, 5) is 21.5. The zero-order valence-electron chi connectivity index (χ0n) is 9.68. The third kappa shape index (κ3) is 4.47. The molecular weight excluding hydrogens is 208 g/mol. The van der Waals surface area contributed by atoms with Crippen molar-refractivity contribution in [2.75, 3.05) is 0 Å². The number of carbonyl (C=O) groups excluding carboxylic acids is 1. The van der Waals surface area contributed by atoms with Crippen LogP contribution in [0.25, 0.3) is 0 Å². The Kier molecular flexibility index (Phi) is 4.52. The number of hydrogen-bond donors (Lipinski definition) is 1. The topological polar surface area (TPSA) is 63.6 Å². The third-order valence-corrected chi connectivity index (χ3v) is 2.78. The lowest BCUT2D eigenvalue weighted by Gasteiger charge is -2.30. The zero-order valence-corrected chi connectivity index (χ0v) is 9.68. The number of aliphatic carboxylic acids is 1. The summed E-state index contributed by atoms with van der Waals surface area (Å²) in [6, 6.07) is 0. The number of carboxylic acids is 1. The maximum absolute atomic E-state index is 11.3. The lowest BCUT2D eigenvalue weighted by atomic mass is 9.82. The maximum Gasteiger partial charge on any atom is 0.331 e. The van der Waals surface area contributed by atoms with Crippen molar-refractivity contribution in [1.29, 1.82) is 0 Å². The van der Waals surface area contributed by atoms with E-state index in [2.05, 4.69) is 13.8 Å². The van der Waals surface area contributed by atoms with Gasteiger partial charge in [0.2, 0.25) is 0 Å². The van der Waals surface area contributed by atoms with Gasteiger partial charge in [0.15, 0.2) is 0 Å². The van der Waals surface area contributed by atoms with Crippen LogP contribution in [-0.4, -0.2) is 23.1 Å². The minimum atomic E-state index is -1.14. The van der Waals surface area contributed by atoms with Crippen LogP contribution in [0.5, 0.6) is 0 Å². The highest BCUT2D eigenvalue weighted by Gasteiger charge is 2.25. The van der Waals surface area contributed by atoms with Gasteiger partial charge in [0.05, 0.1) is 0 Å². The van der Waals surface area contributed by atoms with E-state index in [1.165, 1.54) is 6.42 Å². The monoisotopic (exact) mass is 226 g/mol. The molecule has 0 radical (unpaired) electrons. The Morgan fingerprint density at radius 2 is 1.69 bits per heavy atom. The quantitative estimate of drug-likeness (QED) is 0.590. The standard InChI is InChI=1S/C12H18O4/c1-8-5-9(2)7-10(6-8)16-12(15)4-3-11(13)14/h3-4,8-10H,5-7H2,1-2H3,(H,13,14). The van der Waals surface area contributed by atoms with Gasteiger partial charge in [0, 0.05) is 12.2 Å². The smallest absolute Gasteiger partial charge is 0.331 e. The Morgan fingerprint density at radius 3 is 2.19 bits per heavy atom. The van der Waals surface area contributed by atoms with E-state index in [1.807, 2.05) is 0 Å². The Morgan fingerprint density at radius 1 is 1.12 bits per heavy atom. The van der Waals surface area contributed by atoms with Crippen LogP contribution in [0, 0.1) is 11.8 Å². The first-order valence-corrected chi connectivity index (χ1v) is 5.59. The molecule has 0 heterocycles. The molecule has 1 N–H and O–H groups in total. The van der Waals surface area contributed by atoms with Crippen LogP contribution in [0.4, 0.5) is 0 Å².